The summed E-state index contributed by atoms with van der Waals surface area (Å²) in [5.41, 5.74) is 6.70. The van der Waals surface area contributed by atoms with E-state index in [2.05, 4.69) is 0 Å². The number of rotatable bonds is 3. The summed E-state index contributed by atoms with van der Waals surface area (Å²) in [4.78, 5) is 10.1. The Labute approximate surface area is 101 Å². The highest BCUT2D eigenvalue weighted by Crippen LogP contribution is 2.13. The van der Waals surface area contributed by atoms with Crippen molar-refractivity contribution in [3.8, 4) is 0 Å². The van der Waals surface area contributed by atoms with Crippen LogP contribution in [0.5, 0.6) is 0 Å². The van der Waals surface area contributed by atoms with E-state index in [0.717, 1.165) is 10.9 Å². The number of nitro benzene ring substituents is 1. The molecular weight excluding hydrogens is 232 g/mol. The number of nitro groups is 1. The minimum atomic E-state index is -0.404. The van der Waals surface area contributed by atoms with Crippen molar-refractivity contribution in [2.45, 2.75) is 0 Å². The fourth-order valence-electron chi connectivity index (χ4n) is 1.42. The quantitative estimate of drug-likeness (QED) is 0.378. The summed E-state index contributed by atoms with van der Waals surface area (Å²) in [5, 5.41) is 12.5. The molecule has 0 saturated heterocycles. The largest absolute Gasteiger partial charge is 0.452 e. The Hall–Kier alpha value is -2.14. The molecule has 0 fully saturated rings. The zero-order valence-corrected chi connectivity index (χ0v) is 9.96. The van der Waals surface area contributed by atoms with E-state index in [1.165, 1.54) is 17.3 Å². The van der Waals surface area contributed by atoms with Gasteiger partial charge in [0.1, 0.15) is 0 Å². The van der Waals surface area contributed by atoms with Crippen LogP contribution in [0.25, 0.3) is 6.08 Å². The van der Waals surface area contributed by atoms with Crippen molar-refractivity contribution in [2.75, 3.05) is 0 Å². The van der Waals surface area contributed by atoms with Crippen molar-refractivity contribution in [3.05, 3.63) is 63.8 Å². The zero-order chi connectivity index (χ0) is 12.3. The van der Waals surface area contributed by atoms with Crippen LogP contribution < -0.4 is 5.73 Å². The summed E-state index contributed by atoms with van der Waals surface area (Å²) in [6, 6.07) is 6.45. The predicted octanol–water partition coefficient (Wildman–Crippen LogP) is 1.50. The van der Waals surface area contributed by atoms with Gasteiger partial charge in [0.05, 0.1) is 4.92 Å². The highest BCUT2D eigenvalue weighted by atomic mass is 28.2. The van der Waals surface area contributed by atoms with Crippen molar-refractivity contribution in [2.24, 2.45) is 5.73 Å². The van der Waals surface area contributed by atoms with Crippen LogP contribution >= 0.6 is 0 Å². The first-order chi connectivity index (χ1) is 8.15. The maximum absolute atomic E-state index is 10.5. The van der Waals surface area contributed by atoms with E-state index < -0.39 is 4.92 Å². The lowest BCUT2D eigenvalue weighted by Crippen LogP contribution is -2.00. The molecule has 2 N–H and O–H groups in total. The first-order valence-corrected chi connectivity index (χ1v) is 6.02. The molecule has 2 rings (SSSR count). The van der Waals surface area contributed by atoms with Gasteiger partial charge in [-0.05, 0) is 26.8 Å². The van der Waals surface area contributed by atoms with E-state index in [9.17, 15) is 10.1 Å². The van der Waals surface area contributed by atoms with Gasteiger partial charge in [0, 0.05) is 12.1 Å². The van der Waals surface area contributed by atoms with Crippen LogP contribution in [-0.4, -0.2) is 19.2 Å². The topological polar surface area (TPSA) is 69.2 Å². The van der Waals surface area contributed by atoms with Gasteiger partial charge in [-0.25, -0.2) is 0 Å². The third kappa shape index (κ3) is 2.91. The molecule has 1 aromatic rings. The number of hydrogen-bond acceptors (Lipinski definition) is 3. The molecule has 0 bridgehead atoms. The third-order valence-corrected chi connectivity index (χ3v) is 3.37. The molecule has 5 heteroatoms. The number of benzene rings is 1. The van der Waals surface area contributed by atoms with Gasteiger partial charge in [-0.3, -0.25) is 10.1 Å². The van der Waals surface area contributed by atoms with Gasteiger partial charge in [-0.1, -0.05) is 5.32 Å². The normalized spacial score (nSPS) is 14.4. The molecule has 85 valence electrons. The van der Waals surface area contributed by atoms with E-state index in [1.807, 2.05) is 24.6 Å². The summed E-state index contributed by atoms with van der Waals surface area (Å²) in [7, 11) is 0.524. The van der Waals surface area contributed by atoms with E-state index in [4.69, 9.17) is 5.73 Å². The first-order valence-electron chi connectivity index (χ1n) is 5.02. The highest BCUT2D eigenvalue weighted by Gasteiger charge is 2.01. The van der Waals surface area contributed by atoms with Gasteiger partial charge in [0.25, 0.3) is 5.69 Å². The summed E-state index contributed by atoms with van der Waals surface area (Å²) < 4.78 is 0. The SMILES string of the molecule is NC1=C[CH-]C(/C=C/c2ccc([N+](=O)[O-])cc2)=[Si]1. The Balaban J connectivity index is 2.07. The number of hydrogen-bond donors (Lipinski definition) is 1. The van der Waals surface area contributed by atoms with Crippen molar-refractivity contribution >= 4 is 26.1 Å². The maximum atomic E-state index is 10.5. The predicted molar refractivity (Wildman–Crippen MR) is 69.5 cm³/mol. The molecule has 1 aliphatic rings. The van der Waals surface area contributed by atoms with E-state index in [-0.39, 0.29) is 5.69 Å². The van der Waals surface area contributed by atoms with Crippen LogP contribution in [-0.2, 0) is 0 Å². The molecule has 1 heterocycles. The van der Waals surface area contributed by atoms with Gasteiger partial charge in [-0.15, -0.1) is 6.08 Å². The number of nitrogens with zero attached hydrogens (tertiary/aromatic N) is 1. The van der Waals surface area contributed by atoms with Crippen molar-refractivity contribution in [1.82, 2.24) is 0 Å². The second kappa shape index (κ2) is 4.79. The smallest absolute Gasteiger partial charge is 0.269 e. The van der Waals surface area contributed by atoms with Gasteiger partial charge < -0.3 is 5.73 Å². The van der Waals surface area contributed by atoms with E-state index in [0.29, 0.717) is 9.13 Å². The third-order valence-electron chi connectivity index (χ3n) is 2.29. The van der Waals surface area contributed by atoms with E-state index in [1.54, 1.807) is 12.1 Å². The monoisotopic (exact) mass is 242 g/mol. The summed E-state index contributed by atoms with van der Waals surface area (Å²) in [6.45, 7) is 0. The molecule has 0 unspecified atom stereocenters. The second-order valence-corrected chi connectivity index (χ2v) is 4.96. The van der Waals surface area contributed by atoms with Crippen molar-refractivity contribution in [3.63, 3.8) is 0 Å². The lowest BCUT2D eigenvalue weighted by molar-refractivity contribution is -0.384. The average molecular weight is 242 g/mol. The fourth-order valence-corrected chi connectivity index (χ4v) is 2.25. The van der Waals surface area contributed by atoms with Gasteiger partial charge in [0.15, 0.2) is 0 Å². The molecule has 0 atom stereocenters. The van der Waals surface area contributed by atoms with Crippen molar-refractivity contribution in [1.29, 1.82) is 0 Å². The van der Waals surface area contributed by atoms with Gasteiger partial charge >= 0.3 is 0 Å². The molecule has 0 aromatic heterocycles. The maximum Gasteiger partial charge on any atom is 0.269 e. The summed E-state index contributed by atoms with van der Waals surface area (Å²) >= 11 is 0. The van der Waals surface area contributed by atoms with Gasteiger partial charge in [-0.2, -0.15) is 23.7 Å². The molecule has 4 nitrogen and oxygen atoms in total. The van der Waals surface area contributed by atoms with E-state index >= 15 is 0 Å². The molecule has 0 spiro atoms. The molecule has 1 aliphatic heterocycles. The fraction of sp³-hybridized carbons (Fsp3) is 0. The van der Waals surface area contributed by atoms with Crippen LogP contribution in [0.3, 0.4) is 0 Å². The first kappa shape index (κ1) is 11.3. The lowest BCUT2D eigenvalue weighted by atomic mass is 10.1. The number of nitrogens with two attached hydrogens (primary N) is 1. The number of non-ortho nitro benzene ring substituents is 1. The Bertz CT molecular complexity index is 530. The second-order valence-electron chi connectivity index (χ2n) is 3.55. The van der Waals surface area contributed by atoms with Crippen molar-refractivity contribution < 1.29 is 4.92 Å². The standard InChI is InChI=1S/C12H10N2O2Si/c13-12-8-7-11(17-12)6-3-9-1-4-10(5-2-9)14(15)16/h1-8H,13H2/q-1/b6-3+. The highest BCUT2D eigenvalue weighted by molar-refractivity contribution is 6.67. The molecule has 0 saturated carbocycles. The molecule has 0 aliphatic carbocycles. The summed E-state index contributed by atoms with van der Waals surface area (Å²) in [6.07, 6.45) is 7.79. The average Bonchev–Trinajstić information content (AvgIpc) is 2.73. The molecule has 17 heavy (non-hydrogen) atoms. The molecule has 1 radical (unpaired) electrons. The van der Waals surface area contributed by atoms with Crippen LogP contribution in [0.2, 0.25) is 0 Å². The molecular formula is C12H10N2O2Si-. The molecule has 0 amide bonds. The Morgan fingerprint density at radius 2 is 2.00 bits per heavy atom. The van der Waals surface area contributed by atoms with Crippen LogP contribution in [0, 0.1) is 16.5 Å². The Kier molecular flexibility index (Phi) is 3.20. The lowest BCUT2D eigenvalue weighted by Gasteiger charge is -2.00. The zero-order valence-electron chi connectivity index (χ0n) is 8.96. The van der Waals surface area contributed by atoms with Crippen LogP contribution in [0.1, 0.15) is 5.56 Å². The molecule has 1 aromatic carbocycles. The van der Waals surface area contributed by atoms with Crippen LogP contribution in [0.4, 0.5) is 5.69 Å². The Morgan fingerprint density at radius 3 is 2.53 bits per heavy atom. The van der Waals surface area contributed by atoms with Crippen LogP contribution in [0.15, 0.2) is 41.7 Å². The van der Waals surface area contributed by atoms with Gasteiger partial charge in [0.2, 0.25) is 0 Å². The minimum Gasteiger partial charge on any atom is -0.452 e. The minimum absolute atomic E-state index is 0.106. The number of allylic oxidation sites excluding steroid dienone is 2. The Morgan fingerprint density at radius 1 is 1.29 bits per heavy atom. The summed E-state index contributed by atoms with van der Waals surface area (Å²) in [5.74, 6) is 0.